The second-order valence-electron chi connectivity index (χ2n) is 4.20. The molecule has 1 aromatic rings. The van der Waals surface area contributed by atoms with E-state index in [1.54, 1.807) is 24.3 Å². The summed E-state index contributed by atoms with van der Waals surface area (Å²) in [6, 6.07) is 7.15. The quantitative estimate of drug-likeness (QED) is 0.838. The average Bonchev–Trinajstić information content (AvgIpc) is 2.40. The number of aliphatic hydroxyl groups is 1. The monoisotopic (exact) mass is 235 g/mol. The molecule has 0 aromatic heterocycles. The maximum absolute atomic E-state index is 11.8. The maximum Gasteiger partial charge on any atom is 0.253 e. The van der Waals surface area contributed by atoms with Gasteiger partial charge in [-0.2, -0.15) is 0 Å². The van der Waals surface area contributed by atoms with Crippen LogP contribution in [0.5, 0.6) is 0 Å². The fourth-order valence-corrected chi connectivity index (χ4v) is 1.86. The summed E-state index contributed by atoms with van der Waals surface area (Å²) in [5.41, 5.74) is 1.57. The van der Waals surface area contributed by atoms with E-state index in [0.29, 0.717) is 6.61 Å². The molecule has 0 saturated carbocycles. The molecule has 0 radical (unpaired) electrons. The first-order chi connectivity index (χ1) is 8.29. The van der Waals surface area contributed by atoms with Crippen molar-refractivity contribution in [3.63, 3.8) is 0 Å². The topological polar surface area (TPSA) is 58.6 Å². The van der Waals surface area contributed by atoms with Gasteiger partial charge in [0, 0.05) is 12.3 Å². The minimum absolute atomic E-state index is 0.0139. The van der Waals surface area contributed by atoms with E-state index in [1.807, 2.05) is 0 Å². The SMILES string of the molecule is O=C(Nc1ccc(CO)cc1)C1CCCCO1. The number of hydrogen-bond acceptors (Lipinski definition) is 3. The highest BCUT2D eigenvalue weighted by molar-refractivity contribution is 5.94. The van der Waals surface area contributed by atoms with Gasteiger partial charge in [0.25, 0.3) is 5.91 Å². The van der Waals surface area contributed by atoms with Crippen LogP contribution in [0.1, 0.15) is 24.8 Å². The largest absolute Gasteiger partial charge is 0.392 e. The lowest BCUT2D eigenvalue weighted by molar-refractivity contribution is -0.129. The molecule has 1 atom stereocenters. The summed E-state index contributed by atoms with van der Waals surface area (Å²) in [5.74, 6) is -0.0820. The van der Waals surface area contributed by atoms with E-state index in [0.717, 1.165) is 30.5 Å². The van der Waals surface area contributed by atoms with Gasteiger partial charge in [-0.1, -0.05) is 12.1 Å². The van der Waals surface area contributed by atoms with Crippen molar-refractivity contribution in [3.05, 3.63) is 29.8 Å². The average molecular weight is 235 g/mol. The van der Waals surface area contributed by atoms with Crippen molar-refractivity contribution in [3.8, 4) is 0 Å². The normalized spacial score (nSPS) is 19.9. The zero-order valence-corrected chi connectivity index (χ0v) is 9.69. The zero-order valence-electron chi connectivity index (χ0n) is 9.69. The van der Waals surface area contributed by atoms with E-state index in [-0.39, 0.29) is 18.6 Å². The van der Waals surface area contributed by atoms with Crippen molar-refractivity contribution in [1.82, 2.24) is 0 Å². The molecule has 2 N–H and O–H groups in total. The van der Waals surface area contributed by atoms with Crippen molar-refractivity contribution < 1.29 is 14.6 Å². The standard InChI is InChI=1S/C13H17NO3/c15-9-10-4-6-11(7-5-10)14-13(16)12-3-1-2-8-17-12/h4-7,12,15H,1-3,8-9H2,(H,14,16). The second kappa shape index (κ2) is 5.80. The van der Waals surface area contributed by atoms with Crippen LogP contribution in [0.4, 0.5) is 5.69 Å². The number of benzene rings is 1. The molecule has 2 rings (SSSR count). The lowest BCUT2D eigenvalue weighted by Gasteiger charge is -2.21. The van der Waals surface area contributed by atoms with E-state index < -0.39 is 0 Å². The highest BCUT2D eigenvalue weighted by atomic mass is 16.5. The summed E-state index contributed by atoms with van der Waals surface area (Å²) in [4.78, 5) is 11.8. The molecule has 1 amide bonds. The van der Waals surface area contributed by atoms with Crippen molar-refractivity contribution in [2.45, 2.75) is 32.0 Å². The van der Waals surface area contributed by atoms with E-state index >= 15 is 0 Å². The Morgan fingerprint density at radius 3 is 2.71 bits per heavy atom. The third kappa shape index (κ3) is 3.28. The number of anilines is 1. The first-order valence-electron chi connectivity index (χ1n) is 5.92. The van der Waals surface area contributed by atoms with E-state index in [2.05, 4.69) is 5.32 Å². The van der Waals surface area contributed by atoms with Crippen LogP contribution in [0.3, 0.4) is 0 Å². The lowest BCUT2D eigenvalue weighted by Crippen LogP contribution is -2.33. The molecule has 17 heavy (non-hydrogen) atoms. The van der Waals surface area contributed by atoms with Crippen molar-refractivity contribution in [1.29, 1.82) is 0 Å². The fraction of sp³-hybridized carbons (Fsp3) is 0.462. The molecule has 4 heteroatoms. The molecule has 1 heterocycles. The number of rotatable bonds is 3. The molecule has 1 saturated heterocycles. The molecular formula is C13H17NO3. The van der Waals surface area contributed by atoms with Crippen molar-refractivity contribution in [2.75, 3.05) is 11.9 Å². The molecule has 0 aliphatic carbocycles. The molecule has 92 valence electrons. The van der Waals surface area contributed by atoms with Crippen LogP contribution >= 0.6 is 0 Å². The Labute approximate surface area is 101 Å². The van der Waals surface area contributed by atoms with Crippen LogP contribution in [0.2, 0.25) is 0 Å². The third-order valence-corrected chi connectivity index (χ3v) is 2.88. The molecule has 0 bridgehead atoms. The second-order valence-corrected chi connectivity index (χ2v) is 4.20. The van der Waals surface area contributed by atoms with Crippen LogP contribution in [0, 0.1) is 0 Å². The number of nitrogens with one attached hydrogen (secondary N) is 1. The number of carbonyl (C=O) groups excluding carboxylic acids is 1. The molecular weight excluding hydrogens is 218 g/mol. The Kier molecular flexibility index (Phi) is 4.12. The van der Waals surface area contributed by atoms with Gasteiger partial charge in [-0.15, -0.1) is 0 Å². The third-order valence-electron chi connectivity index (χ3n) is 2.88. The Bertz CT molecular complexity index is 369. The molecule has 1 unspecified atom stereocenters. The molecule has 4 nitrogen and oxygen atoms in total. The van der Waals surface area contributed by atoms with Gasteiger partial charge in [0.15, 0.2) is 0 Å². The van der Waals surface area contributed by atoms with Gasteiger partial charge in [-0.05, 0) is 37.0 Å². The van der Waals surface area contributed by atoms with Crippen LogP contribution in [0.15, 0.2) is 24.3 Å². The Morgan fingerprint density at radius 2 is 2.12 bits per heavy atom. The summed E-state index contributed by atoms with van der Waals surface area (Å²) in [6.45, 7) is 0.682. The summed E-state index contributed by atoms with van der Waals surface area (Å²) in [7, 11) is 0. The lowest BCUT2D eigenvalue weighted by atomic mass is 10.1. The first kappa shape index (κ1) is 12.1. The Balaban J connectivity index is 1.92. The van der Waals surface area contributed by atoms with Crippen LogP contribution in [-0.4, -0.2) is 23.7 Å². The first-order valence-corrected chi connectivity index (χ1v) is 5.92. The number of aliphatic hydroxyl groups excluding tert-OH is 1. The smallest absolute Gasteiger partial charge is 0.253 e. The van der Waals surface area contributed by atoms with Gasteiger partial charge in [-0.3, -0.25) is 4.79 Å². The summed E-state index contributed by atoms with van der Waals surface area (Å²) >= 11 is 0. The number of ether oxygens (including phenoxy) is 1. The molecule has 1 aromatic carbocycles. The maximum atomic E-state index is 11.8. The zero-order chi connectivity index (χ0) is 12.1. The predicted octanol–water partition coefficient (Wildman–Crippen LogP) is 1.69. The molecule has 1 aliphatic heterocycles. The Hall–Kier alpha value is -1.39. The summed E-state index contributed by atoms with van der Waals surface area (Å²) in [6.07, 6.45) is 2.55. The highest BCUT2D eigenvalue weighted by Crippen LogP contribution is 2.16. The van der Waals surface area contributed by atoms with Crippen molar-refractivity contribution >= 4 is 11.6 Å². The molecule has 1 aliphatic rings. The van der Waals surface area contributed by atoms with Crippen LogP contribution < -0.4 is 5.32 Å². The van der Waals surface area contributed by atoms with Gasteiger partial charge in [-0.25, -0.2) is 0 Å². The van der Waals surface area contributed by atoms with E-state index in [9.17, 15) is 4.79 Å². The van der Waals surface area contributed by atoms with E-state index in [4.69, 9.17) is 9.84 Å². The summed E-state index contributed by atoms with van der Waals surface area (Å²) in [5, 5.41) is 11.7. The van der Waals surface area contributed by atoms with Crippen LogP contribution in [-0.2, 0) is 16.1 Å². The van der Waals surface area contributed by atoms with Gasteiger partial charge >= 0.3 is 0 Å². The Morgan fingerprint density at radius 1 is 1.35 bits per heavy atom. The number of hydrogen-bond donors (Lipinski definition) is 2. The summed E-state index contributed by atoms with van der Waals surface area (Å²) < 4.78 is 5.40. The van der Waals surface area contributed by atoms with Gasteiger partial charge in [0.05, 0.1) is 6.61 Å². The fourth-order valence-electron chi connectivity index (χ4n) is 1.86. The van der Waals surface area contributed by atoms with E-state index in [1.165, 1.54) is 0 Å². The molecule has 1 fully saturated rings. The van der Waals surface area contributed by atoms with Crippen molar-refractivity contribution in [2.24, 2.45) is 0 Å². The van der Waals surface area contributed by atoms with Gasteiger partial charge in [0.1, 0.15) is 6.10 Å². The molecule has 0 spiro atoms. The highest BCUT2D eigenvalue weighted by Gasteiger charge is 2.21. The minimum atomic E-state index is -0.318. The minimum Gasteiger partial charge on any atom is -0.392 e. The predicted molar refractivity (Wildman–Crippen MR) is 64.6 cm³/mol. The van der Waals surface area contributed by atoms with Crippen LogP contribution in [0.25, 0.3) is 0 Å². The van der Waals surface area contributed by atoms with Gasteiger partial charge < -0.3 is 15.2 Å². The van der Waals surface area contributed by atoms with Gasteiger partial charge in [0.2, 0.25) is 0 Å². The number of carbonyl (C=O) groups is 1. The number of amides is 1.